The molecule has 0 aliphatic rings. The van der Waals surface area contributed by atoms with Crippen LogP contribution in [0.3, 0.4) is 0 Å². The number of nitrogen functional groups attached to an aromatic ring is 1. The number of aromatic nitrogens is 2. The predicted molar refractivity (Wildman–Crippen MR) is 82.9 cm³/mol. The summed E-state index contributed by atoms with van der Waals surface area (Å²) in [6.45, 7) is 8.34. The highest BCUT2D eigenvalue weighted by molar-refractivity contribution is 7.09. The second kappa shape index (κ2) is 5.65. The Balaban J connectivity index is 2.14. The van der Waals surface area contributed by atoms with Gasteiger partial charge in [-0.1, -0.05) is 6.07 Å². The maximum Gasteiger partial charge on any atom is 0.148 e. The predicted octanol–water partition coefficient (Wildman–Crippen LogP) is 3.46. The Morgan fingerprint density at radius 1 is 1.42 bits per heavy atom. The lowest BCUT2D eigenvalue weighted by Crippen LogP contribution is -2.21. The molecule has 2 aromatic rings. The summed E-state index contributed by atoms with van der Waals surface area (Å²) < 4.78 is 1.97. The first kappa shape index (κ1) is 13.9. The molecule has 1 atom stereocenters. The van der Waals surface area contributed by atoms with Crippen LogP contribution in [0.5, 0.6) is 0 Å². The van der Waals surface area contributed by atoms with Gasteiger partial charge in [-0.3, -0.25) is 0 Å². The van der Waals surface area contributed by atoms with Gasteiger partial charge in [0.1, 0.15) is 5.82 Å². The van der Waals surface area contributed by atoms with E-state index in [2.05, 4.69) is 48.7 Å². The standard InChI is InChI=1S/C14H22N4S/c1-9(2)18-14(13(15)11(4)17-18)16-10(3)8-12-6-5-7-19-12/h5-7,9-10,16H,8,15H2,1-4H3. The van der Waals surface area contributed by atoms with Crippen molar-refractivity contribution in [3.63, 3.8) is 0 Å². The van der Waals surface area contributed by atoms with E-state index in [0.29, 0.717) is 12.1 Å². The van der Waals surface area contributed by atoms with Crippen molar-refractivity contribution in [2.45, 2.75) is 46.2 Å². The molecule has 5 heteroatoms. The zero-order valence-electron chi connectivity index (χ0n) is 12.0. The fraction of sp³-hybridized carbons (Fsp3) is 0.500. The maximum atomic E-state index is 6.12. The van der Waals surface area contributed by atoms with Crippen molar-refractivity contribution >= 4 is 22.8 Å². The lowest BCUT2D eigenvalue weighted by molar-refractivity contribution is 0.531. The SMILES string of the molecule is Cc1nn(C(C)C)c(NC(C)Cc2cccs2)c1N. The molecule has 0 radical (unpaired) electrons. The summed E-state index contributed by atoms with van der Waals surface area (Å²) in [6.07, 6.45) is 0.999. The van der Waals surface area contributed by atoms with Crippen molar-refractivity contribution in [1.29, 1.82) is 0 Å². The first-order chi connectivity index (χ1) is 8.99. The zero-order chi connectivity index (χ0) is 14.0. The number of aryl methyl sites for hydroxylation is 1. The Labute approximate surface area is 118 Å². The molecular formula is C14H22N4S. The lowest BCUT2D eigenvalue weighted by atomic mass is 10.2. The molecule has 2 heterocycles. The highest BCUT2D eigenvalue weighted by Gasteiger charge is 2.16. The van der Waals surface area contributed by atoms with E-state index in [1.807, 2.05) is 11.6 Å². The van der Waals surface area contributed by atoms with Gasteiger partial charge in [0.15, 0.2) is 0 Å². The summed E-state index contributed by atoms with van der Waals surface area (Å²) in [5.74, 6) is 0.941. The van der Waals surface area contributed by atoms with E-state index in [9.17, 15) is 0 Å². The highest BCUT2D eigenvalue weighted by Crippen LogP contribution is 2.26. The molecule has 0 aliphatic heterocycles. The molecule has 0 saturated heterocycles. The van der Waals surface area contributed by atoms with Crippen molar-refractivity contribution in [3.8, 4) is 0 Å². The number of thiophene rings is 1. The van der Waals surface area contributed by atoms with Gasteiger partial charge in [-0.25, -0.2) is 4.68 Å². The second-order valence-electron chi connectivity index (χ2n) is 5.21. The van der Waals surface area contributed by atoms with Crippen LogP contribution < -0.4 is 11.1 Å². The Morgan fingerprint density at radius 2 is 2.16 bits per heavy atom. The van der Waals surface area contributed by atoms with Crippen molar-refractivity contribution in [2.75, 3.05) is 11.1 Å². The number of hydrogen-bond acceptors (Lipinski definition) is 4. The number of nitrogens with two attached hydrogens (primary N) is 1. The van der Waals surface area contributed by atoms with Crippen molar-refractivity contribution < 1.29 is 0 Å². The van der Waals surface area contributed by atoms with Crippen LogP contribution in [-0.2, 0) is 6.42 Å². The molecule has 0 aromatic carbocycles. The third-order valence-corrected chi connectivity index (χ3v) is 3.99. The van der Waals surface area contributed by atoms with Crippen LogP contribution in [0.4, 0.5) is 11.5 Å². The van der Waals surface area contributed by atoms with E-state index >= 15 is 0 Å². The van der Waals surface area contributed by atoms with Gasteiger partial charge in [0.05, 0.1) is 11.4 Å². The molecule has 0 saturated carbocycles. The van der Waals surface area contributed by atoms with Crippen LogP contribution in [0, 0.1) is 6.92 Å². The zero-order valence-corrected chi connectivity index (χ0v) is 12.8. The van der Waals surface area contributed by atoms with E-state index in [1.54, 1.807) is 11.3 Å². The minimum Gasteiger partial charge on any atom is -0.394 e. The molecular weight excluding hydrogens is 256 g/mol. The topological polar surface area (TPSA) is 55.9 Å². The van der Waals surface area contributed by atoms with Gasteiger partial charge in [0.2, 0.25) is 0 Å². The van der Waals surface area contributed by atoms with E-state index < -0.39 is 0 Å². The molecule has 2 aromatic heterocycles. The minimum absolute atomic E-state index is 0.299. The fourth-order valence-corrected chi connectivity index (χ4v) is 2.93. The summed E-state index contributed by atoms with van der Waals surface area (Å²) >= 11 is 1.79. The number of anilines is 2. The summed E-state index contributed by atoms with van der Waals surface area (Å²) in [6, 6.07) is 4.88. The monoisotopic (exact) mass is 278 g/mol. The lowest BCUT2D eigenvalue weighted by Gasteiger charge is -2.18. The summed E-state index contributed by atoms with van der Waals surface area (Å²) in [5.41, 5.74) is 7.76. The molecule has 19 heavy (non-hydrogen) atoms. The Bertz CT molecular complexity index is 528. The third-order valence-electron chi connectivity index (χ3n) is 3.09. The number of hydrogen-bond donors (Lipinski definition) is 2. The van der Waals surface area contributed by atoms with Crippen LogP contribution in [0.2, 0.25) is 0 Å². The van der Waals surface area contributed by atoms with E-state index in [-0.39, 0.29) is 0 Å². The number of nitrogens with one attached hydrogen (secondary N) is 1. The minimum atomic E-state index is 0.299. The first-order valence-electron chi connectivity index (χ1n) is 6.62. The van der Waals surface area contributed by atoms with Gasteiger partial charge < -0.3 is 11.1 Å². The fourth-order valence-electron chi connectivity index (χ4n) is 2.09. The maximum absolute atomic E-state index is 6.12. The normalized spacial score (nSPS) is 12.9. The Morgan fingerprint density at radius 3 is 2.74 bits per heavy atom. The smallest absolute Gasteiger partial charge is 0.148 e. The molecule has 0 aliphatic carbocycles. The largest absolute Gasteiger partial charge is 0.394 e. The molecule has 3 N–H and O–H groups in total. The van der Waals surface area contributed by atoms with Crippen molar-refractivity contribution in [1.82, 2.24) is 9.78 Å². The average molecular weight is 278 g/mol. The third kappa shape index (κ3) is 3.10. The molecule has 0 spiro atoms. The van der Waals surface area contributed by atoms with Gasteiger partial charge in [-0.2, -0.15) is 5.10 Å². The molecule has 104 valence electrons. The van der Waals surface area contributed by atoms with Crippen LogP contribution in [0.15, 0.2) is 17.5 Å². The van der Waals surface area contributed by atoms with Gasteiger partial charge in [0.25, 0.3) is 0 Å². The van der Waals surface area contributed by atoms with E-state index in [4.69, 9.17) is 5.73 Å². The van der Waals surface area contributed by atoms with Crippen molar-refractivity contribution in [3.05, 3.63) is 28.1 Å². The molecule has 0 amide bonds. The first-order valence-corrected chi connectivity index (χ1v) is 7.50. The second-order valence-corrected chi connectivity index (χ2v) is 6.25. The van der Waals surface area contributed by atoms with Crippen molar-refractivity contribution in [2.24, 2.45) is 0 Å². The van der Waals surface area contributed by atoms with Crippen LogP contribution >= 0.6 is 11.3 Å². The molecule has 4 nitrogen and oxygen atoms in total. The van der Waals surface area contributed by atoms with Crippen LogP contribution in [0.1, 0.15) is 37.4 Å². The van der Waals surface area contributed by atoms with E-state index in [0.717, 1.165) is 23.6 Å². The average Bonchev–Trinajstić information content (AvgIpc) is 2.92. The Hall–Kier alpha value is -1.49. The molecule has 0 fully saturated rings. The summed E-state index contributed by atoms with van der Waals surface area (Å²) in [7, 11) is 0. The quantitative estimate of drug-likeness (QED) is 0.880. The Kier molecular flexibility index (Phi) is 4.14. The number of rotatable bonds is 5. The summed E-state index contributed by atoms with van der Waals surface area (Å²) in [5, 5.41) is 10.1. The molecule has 0 bridgehead atoms. The van der Waals surface area contributed by atoms with Gasteiger partial charge >= 0.3 is 0 Å². The van der Waals surface area contributed by atoms with Crippen LogP contribution in [0.25, 0.3) is 0 Å². The van der Waals surface area contributed by atoms with Gasteiger partial charge in [0, 0.05) is 23.4 Å². The molecule has 2 rings (SSSR count). The van der Waals surface area contributed by atoms with Crippen LogP contribution in [-0.4, -0.2) is 15.8 Å². The number of nitrogens with zero attached hydrogens (tertiary/aromatic N) is 2. The van der Waals surface area contributed by atoms with Gasteiger partial charge in [-0.05, 0) is 39.1 Å². The molecule has 1 unspecified atom stereocenters. The van der Waals surface area contributed by atoms with Gasteiger partial charge in [-0.15, -0.1) is 11.3 Å². The van der Waals surface area contributed by atoms with E-state index in [1.165, 1.54) is 4.88 Å². The highest BCUT2D eigenvalue weighted by atomic mass is 32.1. The summed E-state index contributed by atoms with van der Waals surface area (Å²) in [4.78, 5) is 1.38.